The fraction of sp³-hybridized carbons (Fsp3) is 0.429. The van der Waals surface area contributed by atoms with Gasteiger partial charge in [0.2, 0.25) is 0 Å². The van der Waals surface area contributed by atoms with Crippen LogP contribution in [-0.4, -0.2) is 46.4 Å². The van der Waals surface area contributed by atoms with Crippen LogP contribution in [0, 0.1) is 6.92 Å². The molecule has 3 nitrogen and oxygen atoms in total. The van der Waals surface area contributed by atoms with E-state index in [-0.39, 0.29) is 0 Å². The van der Waals surface area contributed by atoms with E-state index in [1.54, 1.807) is 9.80 Å². The van der Waals surface area contributed by atoms with E-state index in [1.807, 2.05) is 0 Å². The van der Waals surface area contributed by atoms with Gasteiger partial charge < -0.3 is 14.5 Å². The van der Waals surface area contributed by atoms with Crippen LogP contribution in [0.4, 0.5) is 0 Å². The highest BCUT2D eigenvalue weighted by Crippen LogP contribution is 2.23. The van der Waals surface area contributed by atoms with Gasteiger partial charge in [0, 0.05) is 6.42 Å². The molecule has 1 saturated heterocycles. The van der Waals surface area contributed by atoms with Gasteiger partial charge in [0.25, 0.3) is 0 Å². The molecule has 0 saturated carbocycles. The van der Waals surface area contributed by atoms with Crippen LogP contribution >= 0.6 is 0 Å². The van der Waals surface area contributed by atoms with E-state index in [0.29, 0.717) is 0 Å². The molecule has 24 heavy (non-hydrogen) atoms. The lowest BCUT2D eigenvalue weighted by Crippen LogP contribution is -3.27. The molecule has 1 aliphatic heterocycles. The summed E-state index contributed by atoms with van der Waals surface area (Å²) in [5.74, 6) is 1.05. The molecule has 1 aliphatic rings. The molecule has 2 N–H and O–H groups in total. The van der Waals surface area contributed by atoms with E-state index in [2.05, 4.69) is 62.5 Å². The van der Waals surface area contributed by atoms with E-state index in [1.165, 1.54) is 42.9 Å². The van der Waals surface area contributed by atoms with Gasteiger partial charge in [0.05, 0.1) is 7.05 Å². The van der Waals surface area contributed by atoms with E-state index < -0.39 is 0 Å². The molecule has 0 radical (unpaired) electrons. The van der Waals surface area contributed by atoms with E-state index in [4.69, 9.17) is 4.74 Å². The van der Waals surface area contributed by atoms with Gasteiger partial charge in [-0.3, -0.25) is 0 Å². The van der Waals surface area contributed by atoms with Gasteiger partial charge in [-0.15, -0.1) is 0 Å². The van der Waals surface area contributed by atoms with Crippen LogP contribution in [0.25, 0.3) is 0 Å². The second kappa shape index (κ2) is 8.32. The second-order valence-corrected chi connectivity index (χ2v) is 7.08. The maximum absolute atomic E-state index is 6.17. The van der Waals surface area contributed by atoms with E-state index in [0.717, 1.165) is 25.3 Å². The second-order valence-electron chi connectivity index (χ2n) is 7.08. The van der Waals surface area contributed by atoms with Gasteiger partial charge in [0.15, 0.2) is 0 Å². The Kier molecular flexibility index (Phi) is 5.89. The summed E-state index contributed by atoms with van der Waals surface area (Å²) in [4.78, 5) is 3.33. The molecule has 0 bridgehead atoms. The van der Waals surface area contributed by atoms with Crippen molar-refractivity contribution in [3.63, 3.8) is 0 Å². The maximum Gasteiger partial charge on any atom is 0.137 e. The number of hydrogen-bond acceptors (Lipinski definition) is 1. The third kappa shape index (κ3) is 4.83. The first-order valence-electron chi connectivity index (χ1n) is 9.12. The fourth-order valence-electron chi connectivity index (χ4n) is 3.39. The Morgan fingerprint density at radius 3 is 2.46 bits per heavy atom. The summed E-state index contributed by atoms with van der Waals surface area (Å²) in [5, 5.41) is 0. The van der Waals surface area contributed by atoms with Crippen LogP contribution in [0.5, 0.6) is 5.75 Å². The van der Waals surface area contributed by atoms with Crippen LogP contribution < -0.4 is 14.5 Å². The van der Waals surface area contributed by atoms with Crippen LogP contribution in [0.2, 0.25) is 0 Å². The molecule has 0 aliphatic carbocycles. The first kappa shape index (κ1) is 17.0. The topological polar surface area (TPSA) is 18.1 Å². The zero-order valence-electron chi connectivity index (χ0n) is 15.0. The summed E-state index contributed by atoms with van der Waals surface area (Å²) in [5.41, 5.74) is 3.92. The molecule has 0 atom stereocenters. The third-order valence-electron chi connectivity index (χ3n) is 4.98. The van der Waals surface area contributed by atoms with Gasteiger partial charge in [-0.25, -0.2) is 0 Å². The summed E-state index contributed by atoms with van der Waals surface area (Å²) in [6.45, 7) is 9.14. The van der Waals surface area contributed by atoms with Crippen molar-refractivity contribution >= 4 is 0 Å². The quantitative estimate of drug-likeness (QED) is 0.785. The van der Waals surface area contributed by atoms with Crippen LogP contribution in [0.1, 0.15) is 16.7 Å². The van der Waals surface area contributed by atoms with E-state index in [9.17, 15) is 0 Å². The van der Waals surface area contributed by atoms with Crippen molar-refractivity contribution in [2.75, 3.05) is 46.4 Å². The molecule has 2 aromatic carbocycles. The molecule has 2 aromatic rings. The third-order valence-corrected chi connectivity index (χ3v) is 4.98. The molecule has 128 valence electrons. The zero-order valence-corrected chi connectivity index (χ0v) is 15.0. The summed E-state index contributed by atoms with van der Waals surface area (Å²) in [7, 11) is 2.29. The Morgan fingerprint density at radius 1 is 0.958 bits per heavy atom. The highest BCUT2D eigenvalue weighted by molar-refractivity contribution is 5.40. The lowest BCUT2D eigenvalue weighted by Gasteiger charge is -2.27. The lowest BCUT2D eigenvalue weighted by atomic mass is 10.0. The highest BCUT2D eigenvalue weighted by atomic mass is 16.5. The highest BCUT2D eigenvalue weighted by Gasteiger charge is 2.19. The van der Waals surface area contributed by atoms with Crippen molar-refractivity contribution in [2.45, 2.75) is 13.3 Å². The molecular weight excluding hydrogens is 296 g/mol. The van der Waals surface area contributed by atoms with Crippen molar-refractivity contribution in [1.29, 1.82) is 0 Å². The number of benzene rings is 2. The summed E-state index contributed by atoms with van der Waals surface area (Å²) >= 11 is 0. The number of piperazine rings is 1. The van der Waals surface area contributed by atoms with Gasteiger partial charge in [-0.05, 0) is 24.1 Å². The van der Waals surface area contributed by atoms with Gasteiger partial charge >= 0.3 is 0 Å². The van der Waals surface area contributed by atoms with Crippen LogP contribution in [0.15, 0.2) is 48.5 Å². The smallest absolute Gasteiger partial charge is 0.137 e. The molecule has 1 heterocycles. The van der Waals surface area contributed by atoms with Crippen LogP contribution in [-0.2, 0) is 6.42 Å². The van der Waals surface area contributed by atoms with Crippen molar-refractivity contribution < 1.29 is 14.5 Å². The normalized spacial score (nSPS) is 20.8. The Hall–Kier alpha value is -1.84. The average Bonchev–Trinajstić information content (AvgIpc) is 2.59. The average molecular weight is 326 g/mol. The van der Waals surface area contributed by atoms with Crippen molar-refractivity contribution in [1.82, 2.24) is 0 Å². The molecule has 0 aromatic heterocycles. The minimum absolute atomic E-state index is 0.805. The number of rotatable bonds is 6. The monoisotopic (exact) mass is 326 g/mol. The summed E-state index contributed by atoms with van der Waals surface area (Å²) in [6.07, 6.45) is 0.933. The number of nitrogens with one attached hydrogen (secondary N) is 2. The minimum atomic E-state index is 0.805. The molecule has 3 rings (SSSR count). The number of hydrogen-bond donors (Lipinski definition) is 2. The molecule has 0 amide bonds. The number of quaternary nitrogens is 2. The lowest BCUT2D eigenvalue weighted by molar-refractivity contribution is -1.00. The Balaban J connectivity index is 1.58. The molecule has 1 fully saturated rings. The molecule has 0 unspecified atom stereocenters. The number of likely N-dealkylation sites (N-methyl/N-ethyl adjacent to an activating group) is 1. The number of ether oxygens (including phenoxy) is 1. The first-order valence-corrected chi connectivity index (χ1v) is 9.12. The number of aryl methyl sites for hydroxylation is 1. The Morgan fingerprint density at radius 2 is 1.71 bits per heavy atom. The van der Waals surface area contributed by atoms with Crippen molar-refractivity contribution in [3.05, 3.63) is 65.2 Å². The van der Waals surface area contributed by atoms with Gasteiger partial charge in [0.1, 0.15) is 45.1 Å². The zero-order chi connectivity index (χ0) is 16.8. The standard InChI is InChI=1S/C21H28N2O/c1-18-8-9-21(20(16-18)17-19-6-4-3-5-7-19)24-15-14-23-12-10-22(2)11-13-23/h3-9,16H,10-15,17H2,1-2H3/p+2. The molecule has 0 spiro atoms. The predicted molar refractivity (Wildman–Crippen MR) is 98.1 cm³/mol. The maximum atomic E-state index is 6.17. The van der Waals surface area contributed by atoms with Gasteiger partial charge in [-0.2, -0.15) is 0 Å². The Bertz CT molecular complexity index is 634. The molecule has 3 heteroatoms. The predicted octanol–water partition coefficient (Wildman–Crippen LogP) is 0.378. The van der Waals surface area contributed by atoms with Crippen molar-refractivity contribution in [2.24, 2.45) is 0 Å². The van der Waals surface area contributed by atoms with Crippen molar-refractivity contribution in [3.8, 4) is 5.75 Å². The summed E-state index contributed by atoms with van der Waals surface area (Å²) in [6, 6.07) is 17.2. The first-order chi connectivity index (χ1) is 11.7. The van der Waals surface area contributed by atoms with E-state index >= 15 is 0 Å². The SMILES string of the molecule is Cc1ccc(OCC[NH+]2CC[NH+](C)CC2)c(Cc2ccccc2)c1. The van der Waals surface area contributed by atoms with Gasteiger partial charge in [-0.1, -0.05) is 48.0 Å². The largest absolute Gasteiger partial charge is 0.487 e. The summed E-state index contributed by atoms with van der Waals surface area (Å²) < 4.78 is 6.17. The fourth-order valence-corrected chi connectivity index (χ4v) is 3.39. The molecular formula is C21H30N2O+2. The minimum Gasteiger partial charge on any atom is -0.487 e. The van der Waals surface area contributed by atoms with Crippen LogP contribution in [0.3, 0.4) is 0 Å². The Labute approximate surface area is 145 Å².